The topological polar surface area (TPSA) is 55.8 Å². The summed E-state index contributed by atoms with van der Waals surface area (Å²) in [6.07, 6.45) is 0.514. The van der Waals surface area contributed by atoms with Crippen molar-refractivity contribution in [2.24, 2.45) is 11.3 Å². The lowest BCUT2D eigenvalue weighted by atomic mass is 9.90. The first-order chi connectivity index (χ1) is 9.39. The van der Waals surface area contributed by atoms with E-state index in [2.05, 4.69) is 22.9 Å². The minimum Gasteiger partial charge on any atom is -0.492 e. The molecule has 1 fully saturated rings. The largest absolute Gasteiger partial charge is 0.492 e. The summed E-state index contributed by atoms with van der Waals surface area (Å²) >= 11 is 3.48. The predicted molar refractivity (Wildman–Crippen MR) is 79.1 cm³/mol. The van der Waals surface area contributed by atoms with Gasteiger partial charge in [0.25, 0.3) is 0 Å². The molecule has 0 spiro atoms. The molecule has 1 aromatic rings. The predicted octanol–water partition coefficient (Wildman–Crippen LogP) is 3.13. The van der Waals surface area contributed by atoms with Crippen molar-refractivity contribution in [3.8, 4) is 5.75 Å². The maximum Gasteiger partial charge on any atom is 0.306 e. The summed E-state index contributed by atoms with van der Waals surface area (Å²) in [6.45, 7) is 5.93. The van der Waals surface area contributed by atoms with Crippen molar-refractivity contribution < 1.29 is 19.4 Å². The third-order valence-electron chi connectivity index (χ3n) is 3.44. The Morgan fingerprint density at radius 1 is 1.55 bits per heavy atom. The van der Waals surface area contributed by atoms with E-state index in [4.69, 9.17) is 14.6 Å². The number of carboxylic acids is 1. The van der Waals surface area contributed by atoms with E-state index >= 15 is 0 Å². The second-order valence-electron chi connectivity index (χ2n) is 5.80. The third kappa shape index (κ3) is 3.73. The van der Waals surface area contributed by atoms with Gasteiger partial charge in [0.05, 0.1) is 30.2 Å². The van der Waals surface area contributed by atoms with Gasteiger partial charge < -0.3 is 14.6 Å². The third-order valence-corrected chi connectivity index (χ3v) is 4.06. The van der Waals surface area contributed by atoms with Gasteiger partial charge in [-0.15, -0.1) is 0 Å². The molecule has 0 saturated carbocycles. The summed E-state index contributed by atoms with van der Waals surface area (Å²) < 4.78 is 11.9. The maximum atomic E-state index is 10.9. The van der Waals surface area contributed by atoms with Crippen LogP contribution in [-0.4, -0.2) is 30.9 Å². The number of carbonyl (C=O) groups is 1. The highest BCUT2D eigenvalue weighted by Gasteiger charge is 2.34. The van der Waals surface area contributed by atoms with Gasteiger partial charge in [-0.2, -0.15) is 0 Å². The number of aliphatic carboxylic acids is 1. The van der Waals surface area contributed by atoms with Crippen LogP contribution >= 0.6 is 15.9 Å². The lowest BCUT2D eigenvalue weighted by Crippen LogP contribution is -2.44. The van der Waals surface area contributed by atoms with Crippen LogP contribution < -0.4 is 4.74 Å². The Hall–Kier alpha value is -1.07. The van der Waals surface area contributed by atoms with E-state index in [-0.39, 0.29) is 11.3 Å². The zero-order valence-corrected chi connectivity index (χ0v) is 13.3. The Morgan fingerprint density at radius 2 is 2.25 bits per heavy atom. The Morgan fingerprint density at radius 3 is 2.75 bits per heavy atom. The summed E-state index contributed by atoms with van der Waals surface area (Å²) in [6, 6.07) is 5.73. The summed E-state index contributed by atoms with van der Waals surface area (Å²) in [4.78, 5) is 10.9. The van der Waals surface area contributed by atoms with Crippen molar-refractivity contribution in [1.82, 2.24) is 0 Å². The fourth-order valence-electron chi connectivity index (χ4n) is 2.02. The van der Waals surface area contributed by atoms with Crippen LogP contribution in [-0.2, 0) is 16.0 Å². The Kier molecular flexibility index (Phi) is 4.70. The van der Waals surface area contributed by atoms with Crippen molar-refractivity contribution in [3.05, 3.63) is 28.2 Å². The maximum absolute atomic E-state index is 10.9. The monoisotopic (exact) mass is 342 g/mol. The SMILES string of the molecule is CC(Cc1ccc(OCC2(C)COC2)c(Br)c1)C(=O)O. The Balaban J connectivity index is 1.96. The van der Waals surface area contributed by atoms with Crippen molar-refractivity contribution in [3.63, 3.8) is 0 Å². The van der Waals surface area contributed by atoms with E-state index in [9.17, 15) is 4.79 Å². The standard InChI is InChI=1S/C15H19BrO4/c1-10(14(17)18)5-11-3-4-13(12(16)6-11)20-9-15(2)7-19-8-15/h3-4,6,10H,5,7-9H2,1-2H3,(H,17,18). The lowest BCUT2D eigenvalue weighted by Gasteiger charge is -2.37. The zero-order valence-electron chi connectivity index (χ0n) is 11.7. The minimum absolute atomic E-state index is 0.107. The number of halogens is 1. The number of benzene rings is 1. The number of carboxylic acid groups (broad SMARTS) is 1. The smallest absolute Gasteiger partial charge is 0.306 e. The average Bonchev–Trinajstić information content (AvgIpc) is 2.35. The van der Waals surface area contributed by atoms with Crippen LogP contribution in [0, 0.1) is 11.3 Å². The molecule has 5 heteroatoms. The highest BCUT2D eigenvalue weighted by molar-refractivity contribution is 9.10. The van der Waals surface area contributed by atoms with E-state index in [1.807, 2.05) is 18.2 Å². The zero-order chi connectivity index (χ0) is 14.8. The molecule has 1 saturated heterocycles. The van der Waals surface area contributed by atoms with Gasteiger partial charge in [0, 0.05) is 5.41 Å². The molecule has 0 aliphatic carbocycles. The van der Waals surface area contributed by atoms with Gasteiger partial charge in [-0.1, -0.05) is 19.9 Å². The van der Waals surface area contributed by atoms with Crippen LogP contribution in [0.25, 0.3) is 0 Å². The molecule has 0 amide bonds. The highest BCUT2D eigenvalue weighted by atomic mass is 79.9. The van der Waals surface area contributed by atoms with Crippen LogP contribution in [0.3, 0.4) is 0 Å². The number of rotatable bonds is 6. The summed E-state index contributed by atoms with van der Waals surface area (Å²) in [7, 11) is 0. The van der Waals surface area contributed by atoms with Gasteiger partial charge in [-0.25, -0.2) is 0 Å². The van der Waals surface area contributed by atoms with Gasteiger partial charge >= 0.3 is 5.97 Å². The number of ether oxygens (including phenoxy) is 2. The molecule has 2 rings (SSSR count). The molecule has 20 heavy (non-hydrogen) atoms. The normalized spacial score (nSPS) is 18.1. The van der Waals surface area contributed by atoms with Crippen LogP contribution in [0.2, 0.25) is 0 Å². The second-order valence-corrected chi connectivity index (χ2v) is 6.65. The van der Waals surface area contributed by atoms with Gasteiger partial charge in [0.2, 0.25) is 0 Å². The average molecular weight is 343 g/mol. The molecule has 1 atom stereocenters. The van der Waals surface area contributed by atoms with Crippen LogP contribution in [0.15, 0.2) is 22.7 Å². The van der Waals surface area contributed by atoms with Crippen molar-refractivity contribution >= 4 is 21.9 Å². The van der Waals surface area contributed by atoms with Crippen molar-refractivity contribution in [2.75, 3.05) is 19.8 Å². The van der Waals surface area contributed by atoms with Gasteiger partial charge in [-0.3, -0.25) is 4.79 Å². The first kappa shape index (κ1) is 15.3. The molecule has 1 heterocycles. The molecule has 0 bridgehead atoms. The molecule has 1 aliphatic heterocycles. The first-order valence-corrected chi connectivity index (χ1v) is 7.41. The summed E-state index contributed by atoms with van der Waals surface area (Å²) in [5.41, 5.74) is 1.09. The Bertz CT molecular complexity index is 497. The summed E-state index contributed by atoms with van der Waals surface area (Å²) in [5, 5.41) is 8.93. The highest BCUT2D eigenvalue weighted by Crippen LogP contribution is 2.31. The van der Waals surface area contributed by atoms with Crippen molar-refractivity contribution in [1.29, 1.82) is 0 Å². The molecular weight excluding hydrogens is 324 g/mol. The molecule has 110 valence electrons. The van der Waals surface area contributed by atoms with Crippen LogP contribution in [0.1, 0.15) is 19.4 Å². The molecule has 1 aromatic carbocycles. The molecule has 1 unspecified atom stereocenters. The fourth-order valence-corrected chi connectivity index (χ4v) is 2.56. The molecule has 0 aromatic heterocycles. The van der Waals surface area contributed by atoms with Crippen molar-refractivity contribution in [2.45, 2.75) is 20.3 Å². The minimum atomic E-state index is -0.778. The molecule has 1 aliphatic rings. The van der Waals surface area contributed by atoms with E-state index in [0.717, 1.165) is 29.0 Å². The van der Waals surface area contributed by atoms with Gasteiger partial charge in [-0.05, 0) is 40.0 Å². The number of hydrogen-bond donors (Lipinski definition) is 1. The lowest BCUT2D eigenvalue weighted by molar-refractivity contribution is -0.141. The van der Waals surface area contributed by atoms with E-state index in [0.29, 0.717) is 13.0 Å². The first-order valence-electron chi connectivity index (χ1n) is 6.61. The number of hydrogen-bond acceptors (Lipinski definition) is 3. The van der Waals surface area contributed by atoms with E-state index < -0.39 is 5.97 Å². The molecule has 4 nitrogen and oxygen atoms in total. The second kappa shape index (κ2) is 6.14. The van der Waals surface area contributed by atoms with Crippen LogP contribution in [0.5, 0.6) is 5.75 Å². The van der Waals surface area contributed by atoms with Gasteiger partial charge in [0.15, 0.2) is 0 Å². The molecule has 1 N–H and O–H groups in total. The summed E-state index contributed by atoms with van der Waals surface area (Å²) in [5.74, 6) is -0.385. The van der Waals surface area contributed by atoms with Gasteiger partial charge in [0.1, 0.15) is 5.75 Å². The molecular formula is C15H19BrO4. The Labute approximate surface area is 127 Å². The fraction of sp³-hybridized carbons (Fsp3) is 0.533. The quantitative estimate of drug-likeness (QED) is 0.862. The van der Waals surface area contributed by atoms with E-state index in [1.54, 1.807) is 6.92 Å². The molecule has 0 radical (unpaired) electrons. The van der Waals surface area contributed by atoms with E-state index in [1.165, 1.54) is 0 Å². The van der Waals surface area contributed by atoms with Crippen LogP contribution in [0.4, 0.5) is 0 Å².